The number of benzene rings is 2. The van der Waals surface area contributed by atoms with Crippen molar-refractivity contribution in [3.63, 3.8) is 0 Å². The van der Waals surface area contributed by atoms with Crippen LogP contribution in [0.3, 0.4) is 0 Å². The van der Waals surface area contributed by atoms with Crippen molar-refractivity contribution in [2.75, 3.05) is 5.32 Å². The number of hydrogen-bond donors (Lipinski definition) is 1. The van der Waals surface area contributed by atoms with Gasteiger partial charge in [-0.25, -0.2) is 4.39 Å². The van der Waals surface area contributed by atoms with Crippen LogP contribution in [0, 0.1) is 5.82 Å². The molecular weight excluding hydrogens is 425 g/mol. The number of fused-ring (bicyclic) bond motifs is 1. The normalized spacial score (nSPS) is 10.9. The van der Waals surface area contributed by atoms with E-state index in [0.717, 1.165) is 0 Å². The van der Waals surface area contributed by atoms with E-state index in [1.54, 1.807) is 48.8 Å². The van der Waals surface area contributed by atoms with E-state index in [9.17, 15) is 14.0 Å². The van der Waals surface area contributed by atoms with Crippen molar-refractivity contribution in [1.29, 1.82) is 0 Å². The summed E-state index contributed by atoms with van der Waals surface area (Å²) in [5.41, 5.74) is 1.55. The van der Waals surface area contributed by atoms with Gasteiger partial charge in [0.1, 0.15) is 12.4 Å². The number of anilines is 1. The van der Waals surface area contributed by atoms with Gasteiger partial charge < -0.3 is 9.84 Å². The second kappa shape index (κ2) is 8.46. The molecule has 0 aliphatic rings. The van der Waals surface area contributed by atoms with Crippen molar-refractivity contribution >= 4 is 22.5 Å². The minimum atomic E-state index is -0.468. The smallest absolute Gasteiger partial charge is 0.259 e. The highest BCUT2D eigenvalue weighted by Gasteiger charge is 2.18. The van der Waals surface area contributed by atoms with E-state index in [0.29, 0.717) is 33.5 Å². The molecule has 9 heteroatoms. The van der Waals surface area contributed by atoms with Gasteiger partial charge in [0.05, 0.1) is 11.1 Å². The van der Waals surface area contributed by atoms with Crippen molar-refractivity contribution < 1.29 is 13.7 Å². The van der Waals surface area contributed by atoms with Gasteiger partial charge in [0.15, 0.2) is 0 Å². The van der Waals surface area contributed by atoms with E-state index in [-0.39, 0.29) is 12.4 Å². The van der Waals surface area contributed by atoms with Gasteiger partial charge in [-0.1, -0.05) is 29.4 Å². The Kier molecular flexibility index (Phi) is 5.19. The molecule has 0 aliphatic heterocycles. The first kappa shape index (κ1) is 20.3. The minimum Gasteiger partial charge on any atom is -0.334 e. The third-order valence-corrected chi connectivity index (χ3v) is 5.01. The molecule has 0 aliphatic carbocycles. The fourth-order valence-corrected chi connectivity index (χ4v) is 3.53. The summed E-state index contributed by atoms with van der Waals surface area (Å²) in [5, 5.41) is 7.26. The lowest BCUT2D eigenvalue weighted by molar-refractivity contribution is -0.116. The number of carbonyl (C=O) groups excluding carboxylic acids is 1. The zero-order chi connectivity index (χ0) is 22.8. The molecule has 0 saturated heterocycles. The quantitative estimate of drug-likeness (QED) is 0.444. The summed E-state index contributed by atoms with van der Waals surface area (Å²) in [7, 11) is 0. The molecule has 5 aromatic rings. The maximum absolute atomic E-state index is 13.4. The number of nitrogens with one attached hydrogen (secondary N) is 1. The highest BCUT2D eigenvalue weighted by atomic mass is 19.1. The average Bonchev–Trinajstić information content (AvgIpc) is 3.31. The fourth-order valence-electron chi connectivity index (χ4n) is 3.53. The Morgan fingerprint density at radius 3 is 2.76 bits per heavy atom. The van der Waals surface area contributed by atoms with Crippen LogP contribution in [0.2, 0.25) is 0 Å². The van der Waals surface area contributed by atoms with Gasteiger partial charge in [0.25, 0.3) is 11.4 Å². The van der Waals surface area contributed by atoms with Gasteiger partial charge in [0.2, 0.25) is 11.7 Å². The molecule has 0 radical (unpaired) electrons. The number of carbonyl (C=O) groups is 1. The minimum absolute atomic E-state index is 0.179. The molecule has 3 aromatic heterocycles. The topological polar surface area (TPSA) is 103 Å². The average molecular weight is 441 g/mol. The molecule has 2 aromatic carbocycles. The zero-order valence-corrected chi connectivity index (χ0v) is 17.1. The molecule has 0 fully saturated rings. The lowest BCUT2D eigenvalue weighted by atomic mass is 10.1. The van der Waals surface area contributed by atoms with Gasteiger partial charge in [0, 0.05) is 35.1 Å². The first-order valence-electron chi connectivity index (χ1n) is 10.0. The Morgan fingerprint density at radius 2 is 1.94 bits per heavy atom. The highest BCUT2D eigenvalue weighted by molar-refractivity contribution is 5.95. The Bertz CT molecular complexity index is 1530. The molecule has 1 N–H and O–H groups in total. The molecule has 3 heterocycles. The number of rotatable bonds is 5. The van der Waals surface area contributed by atoms with Crippen molar-refractivity contribution in [1.82, 2.24) is 19.7 Å². The standard InChI is InChI=1S/C24H16FN5O3/c25-16-6-3-7-17(11-16)27-21(31)14-30-20-9-2-1-8-18(20)19(12-22(30)32)24-28-23(29-33-24)15-5-4-10-26-13-15/h1-13H,14H2,(H,27,31). The van der Waals surface area contributed by atoms with E-state index in [2.05, 4.69) is 20.4 Å². The van der Waals surface area contributed by atoms with E-state index >= 15 is 0 Å². The number of hydrogen-bond acceptors (Lipinski definition) is 6. The van der Waals surface area contributed by atoms with Crippen molar-refractivity contribution in [2.24, 2.45) is 0 Å². The Labute approximate surface area is 186 Å². The predicted molar refractivity (Wildman–Crippen MR) is 120 cm³/mol. The first-order chi connectivity index (χ1) is 16.1. The summed E-state index contributed by atoms with van der Waals surface area (Å²) in [6.07, 6.45) is 3.25. The molecule has 8 nitrogen and oxygen atoms in total. The molecular formula is C24H16FN5O3. The Morgan fingerprint density at radius 1 is 1.06 bits per heavy atom. The number of aromatic nitrogens is 4. The second-order valence-electron chi connectivity index (χ2n) is 7.22. The second-order valence-corrected chi connectivity index (χ2v) is 7.22. The van der Waals surface area contributed by atoms with Crippen molar-refractivity contribution in [3.05, 3.63) is 95.3 Å². The number of nitrogens with zero attached hydrogens (tertiary/aromatic N) is 4. The van der Waals surface area contributed by atoms with Crippen LogP contribution in [0.25, 0.3) is 33.7 Å². The maximum Gasteiger partial charge on any atom is 0.259 e. The number of halogens is 1. The van der Waals surface area contributed by atoms with E-state index in [1.165, 1.54) is 28.8 Å². The summed E-state index contributed by atoms with van der Waals surface area (Å²) in [5.74, 6) is -0.401. The summed E-state index contributed by atoms with van der Waals surface area (Å²) < 4.78 is 20.2. The van der Waals surface area contributed by atoms with Gasteiger partial charge in [-0.3, -0.25) is 19.1 Å². The van der Waals surface area contributed by atoms with E-state index in [1.807, 2.05) is 6.07 Å². The molecule has 0 unspecified atom stereocenters. The molecule has 33 heavy (non-hydrogen) atoms. The van der Waals surface area contributed by atoms with E-state index in [4.69, 9.17) is 4.52 Å². The van der Waals surface area contributed by atoms with Crippen LogP contribution in [-0.4, -0.2) is 25.6 Å². The van der Waals surface area contributed by atoms with Crippen LogP contribution in [-0.2, 0) is 11.3 Å². The molecule has 5 rings (SSSR count). The van der Waals surface area contributed by atoms with Crippen LogP contribution in [0.15, 0.2) is 88.4 Å². The SMILES string of the molecule is O=C(Cn1c(=O)cc(-c2nc(-c3cccnc3)no2)c2ccccc21)Nc1cccc(F)c1. The first-order valence-corrected chi connectivity index (χ1v) is 10.0. The van der Waals surface area contributed by atoms with Crippen LogP contribution >= 0.6 is 0 Å². The summed E-state index contributed by atoms with van der Waals surface area (Å²) in [6, 6.07) is 17.6. The summed E-state index contributed by atoms with van der Waals surface area (Å²) >= 11 is 0. The molecule has 0 atom stereocenters. The van der Waals surface area contributed by atoms with E-state index < -0.39 is 17.3 Å². The van der Waals surface area contributed by atoms with Gasteiger partial charge >= 0.3 is 0 Å². The van der Waals surface area contributed by atoms with Crippen LogP contribution < -0.4 is 10.9 Å². The fraction of sp³-hybridized carbons (Fsp3) is 0.0417. The van der Waals surface area contributed by atoms with Crippen molar-refractivity contribution in [3.8, 4) is 22.8 Å². The molecule has 1 amide bonds. The molecule has 0 spiro atoms. The number of para-hydroxylation sites is 1. The molecule has 0 saturated carbocycles. The summed E-state index contributed by atoms with van der Waals surface area (Å²) in [4.78, 5) is 34.0. The largest absolute Gasteiger partial charge is 0.334 e. The van der Waals surface area contributed by atoms with Gasteiger partial charge in [-0.2, -0.15) is 4.98 Å². The summed E-state index contributed by atoms with van der Waals surface area (Å²) in [6.45, 7) is -0.249. The van der Waals surface area contributed by atoms with Gasteiger partial charge in [-0.15, -0.1) is 0 Å². The third-order valence-electron chi connectivity index (χ3n) is 5.01. The lowest BCUT2D eigenvalue weighted by Crippen LogP contribution is -2.27. The van der Waals surface area contributed by atoms with Crippen LogP contribution in [0.5, 0.6) is 0 Å². The molecule has 0 bridgehead atoms. The monoisotopic (exact) mass is 441 g/mol. The zero-order valence-electron chi connectivity index (χ0n) is 17.1. The Balaban J connectivity index is 1.51. The van der Waals surface area contributed by atoms with Gasteiger partial charge in [-0.05, 0) is 36.4 Å². The maximum atomic E-state index is 13.4. The number of amides is 1. The van der Waals surface area contributed by atoms with Crippen LogP contribution in [0.1, 0.15) is 0 Å². The van der Waals surface area contributed by atoms with Crippen LogP contribution in [0.4, 0.5) is 10.1 Å². The predicted octanol–water partition coefficient (Wildman–Crippen LogP) is 3.89. The number of pyridine rings is 2. The third kappa shape index (κ3) is 4.11. The lowest BCUT2D eigenvalue weighted by Gasteiger charge is -2.12. The Hall–Kier alpha value is -4.66. The van der Waals surface area contributed by atoms with Crippen molar-refractivity contribution in [2.45, 2.75) is 6.54 Å². The highest BCUT2D eigenvalue weighted by Crippen LogP contribution is 2.27. The molecule has 162 valence electrons.